The van der Waals surface area contributed by atoms with E-state index in [0.717, 1.165) is 43.9 Å². The number of likely N-dealkylation sites (tertiary alicyclic amines) is 1. The predicted molar refractivity (Wildman–Crippen MR) is 118 cm³/mol. The molecule has 5 N–H and O–H groups in total. The van der Waals surface area contributed by atoms with E-state index in [1.165, 1.54) is 26.3 Å². The third-order valence-electron chi connectivity index (χ3n) is 7.14. The summed E-state index contributed by atoms with van der Waals surface area (Å²) < 4.78 is -0.478. The van der Waals surface area contributed by atoms with Crippen molar-refractivity contribution in [2.24, 2.45) is 34.2 Å². The number of nitrogens with zero attached hydrogens (tertiary/aromatic N) is 2. The highest BCUT2D eigenvalue weighted by Gasteiger charge is 2.51. The highest BCUT2D eigenvalue weighted by atomic mass is 32.2. The zero-order valence-electron chi connectivity index (χ0n) is 18.1. The van der Waals surface area contributed by atoms with Crippen LogP contribution in [0.25, 0.3) is 0 Å². The van der Waals surface area contributed by atoms with Gasteiger partial charge in [0, 0.05) is 19.5 Å². The Labute approximate surface area is 178 Å². The fourth-order valence-electron chi connectivity index (χ4n) is 5.53. The van der Waals surface area contributed by atoms with Crippen molar-refractivity contribution in [1.29, 1.82) is 0 Å². The van der Waals surface area contributed by atoms with Crippen molar-refractivity contribution in [1.82, 2.24) is 10.2 Å². The Bertz CT molecular complexity index is 663. The molecule has 4 unspecified atom stereocenters. The van der Waals surface area contributed by atoms with E-state index in [9.17, 15) is 9.59 Å². The van der Waals surface area contributed by atoms with Crippen LogP contribution in [0.5, 0.6) is 0 Å². The molecule has 29 heavy (non-hydrogen) atoms. The maximum atomic E-state index is 12.7. The van der Waals surface area contributed by atoms with E-state index in [-0.39, 0.29) is 11.8 Å². The number of hydrogen-bond acceptors (Lipinski definition) is 6. The van der Waals surface area contributed by atoms with Gasteiger partial charge >= 0.3 is 0 Å². The number of thioether (sulfide) groups is 1. The summed E-state index contributed by atoms with van der Waals surface area (Å²) in [6.45, 7) is 5.57. The van der Waals surface area contributed by atoms with Crippen LogP contribution in [0.4, 0.5) is 0 Å². The lowest BCUT2D eigenvalue weighted by Crippen LogP contribution is -2.44. The number of piperidine rings is 1. The first-order valence-electron chi connectivity index (χ1n) is 11.1. The maximum Gasteiger partial charge on any atom is 0.242 e. The molecular formula is C21H37N5O2S. The number of rotatable bonds is 4. The third kappa shape index (κ3) is 4.64. The van der Waals surface area contributed by atoms with Crippen molar-refractivity contribution in [3.05, 3.63) is 0 Å². The molecule has 2 aliphatic carbocycles. The molecule has 0 aromatic rings. The highest BCUT2D eigenvalue weighted by molar-refractivity contribution is 8.16. The Kier molecular flexibility index (Phi) is 6.95. The first kappa shape index (κ1) is 22.6. The van der Waals surface area contributed by atoms with Crippen molar-refractivity contribution in [2.75, 3.05) is 20.1 Å². The number of amides is 2. The number of nitrogens with two attached hydrogens (primary N) is 2. The molecule has 0 spiro atoms. The van der Waals surface area contributed by atoms with Crippen LogP contribution in [0.1, 0.15) is 65.2 Å². The molecule has 2 saturated heterocycles. The van der Waals surface area contributed by atoms with Gasteiger partial charge in [0.05, 0.1) is 4.75 Å². The lowest BCUT2D eigenvalue weighted by molar-refractivity contribution is -0.132. The first-order chi connectivity index (χ1) is 13.8. The number of amidine groups is 1. The van der Waals surface area contributed by atoms with E-state index in [0.29, 0.717) is 24.2 Å². The van der Waals surface area contributed by atoms with Gasteiger partial charge in [-0.15, -0.1) is 0 Å². The summed E-state index contributed by atoms with van der Waals surface area (Å²) in [4.78, 5) is 31.4. The maximum absolute atomic E-state index is 12.7. The largest absolute Gasteiger partial charge is 0.343 e. The van der Waals surface area contributed by atoms with Gasteiger partial charge in [-0.25, -0.2) is 4.99 Å². The molecule has 0 aromatic carbocycles. The van der Waals surface area contributed by atoms with Gasteiger partial charge in [0.25, 0.3) is 0 Å². The second-order valence-electron chi connectivity index (χ2n) is 9.16. The Hall–Kier alpha value is -1.12. The summed E-state index contributed by atoms with van der Waals surface area (Å²) >= 11 is 1.57. The summed E-state index contributed by atoms with van der Waals surface area (Å²) in [7, 11) is 1.50. The van der Waals surface area contributed by atoms with Crippen LogP contribution in [0.3, 0.4) is 0 Å². The SMILES string of the molecule is CCC(=O)N1CCC(CC2(C)S/C(=N\C3(N)CC4CCC3C4)NC2=O)CC1.CN. The van der Waals surface area contributed by atoms with Gasteiger partial charge in [0.15, 0.2) is 5.17 Å². The van der Waals surface area contributed by atoms with E-state index in [1.807, 2.05) is 18.7 Å². The minimum Gasteiger partial charge on any atom is -0.343 e. The number of carbonyl (C=O) groups excluding carboxylic acids is 2. The van der Waals surface area contributed by atoms with Gasteiger partial charge in [0.1, 0.15) is 5.66 Å². The van der Waals surface area contributed by atoms with Gasteiger partial charge in [-0.1, -0.05) is 18.7 Å². The highest BCUT2D eigenvalue weighted by Crippen LogP contribution is 2.51. The zero-order valence-corrected chi connectivity index (χ0v) is 18.9. The van der Waals surface area contributed by atoms with Crippen LogP contribution in [0.15, 0.2) is 4.99 Å². The molecule has 4 rings (SSSR count). The molecule has 2 aliphatic heterocycles. The Morgan fingerprint density at radius 2 is 1.97 bits per heavy atom. The molecule has 0 aromatic heterocycles. The van der Waals surface area contributed by atoms with E-state index in [2.05, 4.69) is 11.1 Å². The Morgan fingerprint density at radius 1 is 1.28 bits per heavy atom. The summed E-state index contributed by atoms with van der Waals surface area (Å²) in [5, 5.41) is 3.73. The smallest absolute Gasteiger partial charge is 0.242 e. The number of hydrogen-bond donors (Lipinski definition) is 3. The van der Waals surface area contributed by atoms with E-state index >= 15 is 0 Å². The van der Waals surface area contributed by atoms with Crippen molar-refractivity contribution in [2.45, 2.75) is 75.6 Å². The molecule has 2 saturated carbocycles. The normalized spacial score (nSPS) is 38.2. The second kappa shape index (κ2) is 8.94. The summed E-state index contributed by atoms with van der Waals surface area (Å²) in [5.41, 5.74) is 10.6. The molecule has 2 amide bonds. The predicted octanol–water partition coefficient (Wildman–Crippen LogP) is 2.05. The molecule has 4 aliphatic rings. The number of carbonyl (C=O) groups is 2. The van der Waals surface area contributed by atoms with Crippen LogP contribution >= 0.6 is 11.8 Å². The van der Waals surface area contributed by atoms with Crippen LogP contribution in [-0.2, 0) is 9.59 Å². The van der Waals surface area contributed by atoms with Gasteiger partial charge in [-0.2, -0.15) is 0 Å². The summed E-state index contributed by atoms with van der Waals surface area (Å²) in [6.07, 6.45) is 7.96. The van der Waals surface area contributed by atoms with Crippen molar-refractivity contribution in [3.8, 4) is 0 Å². The van der Waals surface area contributed by atoms with Crippen molar-refractivity contribution < 1.29 is 9.59 Å². The number of nitrogens with one attached hydrogen (secondary N) is 1. The van der Waals surface area contributed by atoms with Crippen LogP contribution < -0.4 is 16.8 Å². The van der Waals surface area contributed by atoms with Crippen molar-refractivity contribution >= 4 is 28.7 Å². The third-order valence-corrected chi connectivity index (χ3v) is 8.33. The minimum absolute atomic E-state index is 0.0603. The van der Waals surface area contributed by atoms with E-state index in [4.69, 9.17) is 10.7 Å². The van der Waals surface area contributed by atoms with Gasteiger partial charge < -0.3 is 21.7 Å². The number of aliphatic imine (C=N–C) groups is 1. The monoisotopic (exact) mass is 423 g/mol. The lowest BCUT2D eigenvalue weighted by atomic mass is 9.87. The Balaban J connectivity index is 0.00000117. The molecule has 4 atom stereocenters. The molecule has 2 bridgehead atoms. The average Bonchev–Trinajstić information content (AvgIpc) is 3.36. The lowest BCUT2D eigenvalue weighted by Gasteiger charge is -2.34. The van der Waals surface area contributed by atoms with Gasteiger partial charge in [-0.05, 0) is 76.7 Å². The van der Waals surface area contributed by atoms with Crippen LogP contribution in [0, 0.1) is 17.8 Å². The molecular weight excluding hydrogens is 386 g/mol. The summed E-state index contributed by atoms with van der Waals surface area (Å²) in [5.74, 6) is 1.96. The molecule has 2 heterocycles. The summed E-state index contributed by atoms with van der Waals surface area (Å²) in [6, 6.07) is 0. The second-order valence-corrected chi connectivity index (χ2v) is 10.6. The number of fused-ring (bicyclic) bond motifs is 2. The van der Waals surface area contributed by atoms with E-state index < -0.39 is 10.4 Å². The van der Waals surface area contributed by atoms with Crippen molar-refractivity contribution in [3.63, 3.8) is 0 Å². The van der Waals surface area contributed by atoms with Gasteiger partial charge in [0.2, 0.25) is 11.8 Å². The quantitative estimate of drug-likeness (QED) is 0.640. The molecule has 164 valence electrons. The average molecular weight is 424 g/mol. The zero-order chi connectivity index (χ0) is 21.2. The molecule has 7 nitrogen and oxygen atoms in total. The fourth-order valence-corrected chi connectivity index (χ4v) is 6.78. The molecule has 0 radical (unpaired) electrons. The van der Waals surface area contributed by atoms with Gasteiger partial charge in [-0.3, -0.25) is 9.59 Å². The first-order valence-corrected chi connectivity index (χ1v) is 11.9. The van der Waals surface area contributed by atoms with Crippen LogP contribution in [-0.4, -0.2) is 52.4 Å². The minimum atomic E-state index is -0.478. The molecule has 8 heteroatoms. The fraction of sp³-hybridized carbons (Fsp3) is 0.857. The van der Waals surface area contributed by atoms with Crippen LogP contribution in [0.2, 0.25) is 0 Å². The van der Waals surface area contributed by atoms with E-state index in [1.54, 1.807) is 11.8 Å². The Morgan fingerprint density at radius 3 is 2.52 bits per heavy atom. The standard InChI is InChI=1S/C20H32N4O2S.CH5N/c1-3-16(25)24-8-6-13(7-9-24)11-19(2)17(26)22-18(27-19)23-20(21)12-14-4-5-15(20)10-14;1-2/h13-15H,3-12,21H2,1-2H3,(H,22,23,26);2H2,1H3. The topological polar surface area (TPSA) is 114 Å². The molecule has 4 fully saturated rings.